The highest BCUT2D eigenvalue weighted by molar-refractivity contribution is 5.69. The lowest BCUT2D eigenvalue weighted by atomic mass is 10.0. The van der Waals surface area contributed by atoms with Crippen LogP contribution in [0.5, 0.6) is 5.75 Å². The topological polar surface area (TPSA) is 64.3 Å². The number of carboxylic acids is 1. The van der Waals surface area contributed by atoms with Crippen LogP contribution in [0.25, 0.3) is 5.69 Å². The molecule has 0 spiro atoms. The Bertz CT molecular complexity index is 1070. The fraction of sp³-hybridized carbons (Fsp3) is 0.333. The van der Waals surface area contributed by atoms with Crippen LogP contribution >= 0.6 is 0 Å². The van der Waals surface area contributed by atoms with Gasteiger partial charge in [-0.1, -0.05) is 32.9 Å². The minimum absolute atomic E-state index is 0.0294. The van der Waals surface area contributed by atoms with Crippen LogP contribution in [0, 0.1) is 24.5 Å². The second-order valence-electron chi connectivity index (χ2n) is 8.06. The number of nitrogens with zero attached hydrogens (tertiary/aromatic N) is 2. The van der Waals surface area contributed by atoms with Crippen molar-refractivity contribution in [3.8, 4) is 11.4 Å². The van der Waals surface area contributed by atoms with E-state index in [0.717, 1.165) is 29.1 Å². The normalized spacial score (nSPS) is 12.2. The zero-order valence-corrected chi connectivity index (χ0v) is 18.0. The van der Waals surface area contributed by atoms with Gasteiger partial charge in [0, 0.05) is 0 Å². The van der Waals surface area contributed by atoms with Crippen LogP contribution < -0.4 is 4.74 Å². The van der Waals surface area contributed by atoms with E-state index in [1.807, 2.05) is 31.2 Å². The summed E-state index contributed by atoms with van der Waals surface area (Å²) in [5, 5.41) is 13.5. The standard InChI is InChI=1S/C24H26F2N2O3/c1-14(2)18-6-5-7-19(12-18)28-20(9-16(4)27-28)13-31-23-21(25)10-17(11-22(23)26)8-15(3)24(29)30/h5-7,9-12,14-15H,8,13H2,1-4H3,(H,29,30). The molecule has 1 atom stereocenters. The third kappa shape index (κ3) is 5.29. The van der Waals surface area contributed by atoms with E-state index in [1.165, 1.54) is 6.92 Å². The molecular weight excluding hydrogens is 402 g/mol. The van der Waals surface area contributed by atoms with Gasteiger partial charge in [0.05, 0.1) is 23.0 Å². The van der Waals surface area contributed by atoms with E-state index in [9.17, 15) is 13.6 Å². The molecule has 0 saturated heterocycles. The number of aryl methyl sites for hydroxylation is 1. The lowest BCUT2D eigenvalue weighted by molar-refractivity contribution is -0.141. The Morgan fingerprint density at radius 2 is 1.81 bits per heavy atom. The van der Waals surface area contributed by atoms with Gasteiger partial charge in [-0.15, -0.1) is 0 Å². The third-order valence-corrected chi connectivity index (χ3v) is 5.07. The van der Waals surface area contributed by atoms with Crippen LogP contribution in [-0.2, 0) is 17.8 Å². The predicted octanol–water partition coefficient (Wildman–Crippen LogP) is 5.42. The van der Waals surface area contributed by atoms with Crippen molar-refractivity contribution in [2.75, 3.05) is 0 Å². The van der Waals surface area contributed by atoms with Gasteiger partial charge in [0.25, 0.3) is 0 Å². The van der Waals surface area contributed by atoms with Crippen molar-refractivity contribution >= 4 is 5.97 Å². The summed E-state index contributed by atoms with van der Waals surface area (Å²) in [4.78, 5) is 11.0. The first-order chi connectivity index (χ1) is 14.7. The molecule has 0 bridgehead atoms. The van der Waals surface area contributed by atoms with Crippen LogP contribution in [0.3, 0.4) is 0 Å². The van der Waals surface area contributed by atoms with E-state index >= 15 is 0 Å². The highest BCUT2D eigenvalue weighted by Gasteiger charge is 2.18. The van der Waals surface area contributed by atoms with Crippen molar-refractivity contribution in [1.82, 2.24) is 9.78 Å². The Morgan fingerprint density at radius 3 is 2.42 bits per heavy atom. The van der Waals surface area contributed by atoms with E-state index in [4.69, 9.17) is 9.84 Å². The minimum atomic E-state index is -1.02. The minimum Gasteiger partial charge on any atom is -0.481 e. The summed E-state index contributed by atoms with van der Waals surface area (Å²) in [6, 6.07) is 12.0. The molecule has 1 heterocycles. The molecule has 164 valence electrons. The van der Waals surface area contributed by atoms with Crippen molar-refractivity contribution in [1.29, 1.82) is 0 Å². The summed E-state index contributed by atoms with van der Waals surface area (Å²) < 4.78 is 36.2. The van der Waals surface area contributed by atoms with Crippen LogP contribution in [0.1, 0.15) is 49.2 Å². The maximum absolute atomic E-state index is 14.5. The zero-order valence-electron chi connectivity index (χ0n) is 18.0. The quantitative estimate of drug-likeness (QED) is 0.520. The zero-order chi connectivity index (χ0) is 22.7. The van der Waals surface area contributed by atoms with Gasteiger partial charge >= 0.3 is 5.97 Å². The molecule has 3 aromatic rings. The number of rotatable bonds is 8. The molecule has 2 aromatic carbocycles. The first kappa shape index (κ1) is 22.5. The molecule has 0 aliphatic carbocycles. The Balaban J connectivity index is 1.82. The molecule has 31 heavy (non-hydrogen) atoms. The molecule has 5 nitrogen and oxygen atoms in total. The largest absolute Gasteiger partial charge is 0.481 e. The van der Waals surface area contributed by atoms with Gasteiger partial charge < -0.3 is 9.84 Å². The molecule has 0 fully saturated rings. The fourth-order valence-electron chi connectivity index (χ4n) is 3.35. The van der Waals surface area contributed by atoms with Gasteiger partial charge in [-0.2, -0.15) is 5.10 Å². The molecule has 1 aromatic heterocycles. The molecule has 0 saturated carbocycles. The van der Waals surface area contributed by atoms with Gasteiger partial charge in [0.2, 0.25) is 0 Å². The molecule has 3 rings (SSSR count). The van der Waals surface area contributed by atoms with E-state index in [1.54, 1.807) is 10.7 Å². The first-order valence-corrected chi connectivity index (χ1v) is 10.1. The van der Waals surface area contributed by atoms with Crippen LogP contribution in [0.15, 0.2) is 42.5 Å². The summed E-state index contributed by atoms with van der Waals surface area (Å²) in [5.74, 6) is -3.64. The van der Waals surface area contributed by atoms with Gasteiger partial charge in [0.15, 0.2) is 17.4 Å². The van der Waals surface area contributed by atoms with Crippen molar-refractivity contribution in [2.45, 2.75) is 46.6 Å². The number of halogens is 2. The van der Waals surface area contributed by atoms with Crippen LogP contribution in [0.4, 0.5) is 8.78 Å². The summed E-state index contributed by atoms with van der Waals surface area (Å²) >= 11 is 0. The predicted molar refractivity (Wildman–Crippen MR) is 114 cm³/mol. The number of carboxylic acid groups (broad SMARTS) is 1. The average Bonchev–Trinajstić information content (AvgIpc) is 3.08. The summed E-state index contributed by atoms with van der Waals surface area (Å²) in [6.45, 7) is 7.45. The average molecular weight is 428 g/mol. The van der Waals surface area contributed by atoms with Gasteiger partial charge in [-0.25, -0.2) is 13.5 Å². The maximum Gasteiger partial charge on any atom is 0.306 e. The number of carbonyl (C=O) groups is 1. The summed E-state index contributed by atoms with van der Waals surface area (Å²) in [6.07, 6.45) is 0.0294. The Morgan fingerprint density at radius 1 is 1.13 bits per heavy atom. The maximum atomic E-state index is 14.5. The second kappa shape index (κ2) is 9.29. The number of hydrogen-bond acceptors (Lipinski definition) is 3. The second-order valence-corrected chi connectivity index (χ2v) is 8.06. The van der Waals surface area contributed by atoms with Crippen LogP contribution in [0.2, 0.25) is 0 Å². The molecule has 0 amide bonds. The fourth-order valence-corrected chi connectivity index (χ4v) is 3.35. The molecule has 0 radical (unpaired) electrons. The Hall–Kier alpha value is -3.22. The highest BCUT2D eigenvalue weighted by Crippen LogP contribution is 2.26. The molecule has 0 aliphatic heterocycles. The smallest absolute Gasteiger partial charge is 0.306 e. The monoisotopic (exact) mass is 428 g/mol. The lowest BCUT2D eigenvalue weighted by Gasteiger charge is -2.13. The number of hydrogen-bond donors (Lipinski definition) is 1. The number of aromatic nitrogens is 2. The molecule has 1 N–H and O–H groups in total. The van der Waals surface area contributed by atoms with Gasteiger partial charge in [0.1, 0.15) is 6.61 Å². The van der Waals surface area contributed by atoms with E-state index < -0.39 is 29.3 Å². The Labute approximate surface area is 180 Å². The van der Waals surface area contributed by atoms with Gasteiger partial charge in [-0.05, 0) is 60.7 Å². The number of benzene rings is 2. The van der Waals surface area contributed by atoms with Crippen molar-refractivity contribution in [3.63, 3.8) is 0 Å². The summed E-state index contributed by atoms with van der Waals surface area (Å²) in [7, 11) is 0. The van der Waals surface area contributed by atoms with Crippen LogP contribution in [-0.4, -0.2) is 20.9 Å². The number of ether oxygens (including phenoxy) is 1. The van der Waals surface area contributed by atoms with Crippen molar-refractivity contribution in [2.24, 2.45) is 5.92 Å². The molecule has 1 unspecified atom stereocenters. The third-order valence-electron chi connectivity index (χ3n) is 5.07. The van der Waals surface area contributed by atoms with Crippen molar-refractivity contribution in [3.05, 3.63) is 76.6 Å². The molecule has 0 aliphatic rings. The Kier molecular flexibility index (Phi) is 6.73. The molecule has 7 heteroatoms. The highest BCUT2D eigenvalue weighted by atomic mass is 19.1. The lowest BCUT2D eigenvalue weighted by Crippen LogP contribution is -2.13. The first-order valence-electron chi connectivity index (χ1n) is 10.1. The molecular formula is C24H26F2N2O3. The summed E-state index contributed by atoms with van der Waals surface area (Å²) in [5.41, 5.74) is 3.68. The van der Waals surface area contributed by atoms with E-state index in [2.05, 4.69) is 18.9 Å². The SMILES string of the molecule is Cc1cc(COc2c(F)cc(CC(C)C(=O)O)cc2F)n(-c2cccc(C(C)C)c2)n1. The van der Waals surface area contributed by atoms with E-state index in [0.29, 0.717) is 11.6 Å². The van der Waals surface area contributed by atoms with E-state index in [-0.39, 0.29) is 18.6 Å². The van der Waals surface area contributed by atoms with Gasteiger partial charge in [-0.3, -0.25) is 4.79 Å². The van der Waals surface area contributed by atoms with Crippen molar-refractivity contribution < 1.29 is 23.4 Å². The number of aliphatic carboxylic acids is 1.